The fourth-order valence-electron chi connectivity index (χ4n) is 1.09. The van der Waals surface area contributed by atoms with Crippen molar-refractivity contribution < 1.29 is 9.59 Å². The quantitative estimate of drug-likeness (QED) is 0.567. The van der Waals surface area contributed by atoms with E-state index in [-0.39, 0.29) is 10.9 Å². The highest BCUT2D eigenvalue weighted by Gasteiger charge is 2.13. The van der Waals surface area contributed by atoms with E-state index in [0.717, 1.165) is 29.5 Å². The molecule has 0 atom stereocenters. The number of carbonyl (C=O) groups excluding carboxylic acids is 2. The molecule has 0 saturated carbocycles. The van der Waals surface area contributed by atoms with Gasteiger partial charge in [-0.25, -0.2) is 0 Å². The van der Waals surface area contributed by atoms with E-state index in [2.05, 4.69) is 0 Å². The Balaban J connectivity index is 2.45. The number of rotatable bonds is 5. The zero-order valence-corrected chi connectivity index (χ0v) is 9.55. The largest absolute Gasteiger partial charge is 0.290 e. The summed E-state index contributed by atoms with van der Waals surface area (Å²) < 4.78 is 0. The fraction of sp³-hybridized carbons (Fsp3) is 0.333. The molecule has 80 valence electrons. The Bertz CT molecular complexity index is 333. The maximum atomic E-state index is 11.4. The summed E-state index contributed by atoms with van der Waals surface area (Å²) in [7, 11) is 0. The lowest BCUT2D eigenvalue weighted by atomic mass is 10.2. The average molecular weight is 222 g/mol. The Morgan fingerprint density at radius 3 is 2.47 bits per heavy atom. The summed E-state index contributed by atoms with van der Waals surface area (Å²) in [6, 6.07) is 9.25. The molecular formula is C12H14O2S. The Kier molecular flexibility index (Phi) is 5.12. The molecule has 1 aromatic rings. The minimum absolute atomic E-state index is 0.272. The van der Waals surface area contributed by atoms with Crippen molar-refractivity contribution in [2.24, 2.45) is 0 Å². The van der Waals surface area contributed by atoms with Gasteiger partial charge in [-0.1, -0.05) is 31.5 Å². The predicted octanol–water partition coefficient (Wildman–Crippen LogP) is 3.06. The lowest BCUT2D eigenvalue weighted by Gasteiger charge is -1.99. The summed E-state index contributed by atoms with van der Waals surface area (Å²) in [6.45, 7) is 2.00. The molecule has 3 heteroatoms. The molecule has 2 nitrogen and oxygen atoms in total. The second-order valence-electron chi connectivity index (χ2n) is 3.23. The van der Waals surface area contributed by atoms with Gasteiger partial charge in [-0.2, -0.15) is 0 Å². The van der Waals surface area contributed by atoms with E-state index in [9.17, 15) is 9.59 Å². The molecule has 0 saturated heterocycles. The first-order chi connectivity index (χ1) is 7.24. The van der Waals surface area contributed by atoms with Crippen LogP contribution in [0.5, 0.6) is 0 Å². The number of thioether (sulfide) groups is 1. The van der Waals surface area contributed by atoms with Crippen LogP contribution in [0.2, 0.25) is 0 Å². The molecule has 0 radical (unpaired) electrons. The van der Waals surface area contributed by atoms with Crippen molar-refractivity contribution in [3.05, 3.63) is 30.3 Å². The van der Waals surface area contributed by atoms with Crippen LogP contribution < -0.4 is 0 Å². The number of carbonyl (C=O) groups is 2. The highest BCUT2D eigenvalue weighted by atomic mass is 32.2. The normalized spacial score (nSPS) is 9.93. The van der Waals surface area contributed by atoms with Gasteiger partial charge in [0.25, 0.3) is 5.12 Å². The Morgan fingerprint density at radius 2 is 1.87 bits per heavy atom. The first-order valence-corrected chi connectivity index (χ1v) is 5.85. The monoisotopic (exact) mass is 222 g/mol. The van der Waals surface area contributed by atoms with Crippen molar-refractivity contribution in [3.63, 3.8) is 0 Å². The third-order valence-electron chi connectivity index (χ3n) is 1.94. The smallest absolute Gasteiger partial charge is 0.259 e. The Morgan fingerprint density at radius 1 is 1.20 bits per heavy atom. The lowest BCUT2D eigenvalue weighted by Crippen LogP contribution is -2.08. The Hall–Kier alpha value is -1.09. The van der Waals surface area contributed by atoms with Gasteiger partial charge in [-0.05, 0) is 30.3 Å². The molecule has 15 heavy (non-hydrogen) atoms. The second kappa shape index (κ2) is 6.40. The van der Waals surface area contributed by atoms with E-state index in [1.807, 2.05) is 37.3 Å². The molecule has 0 bridgehead atoms. The van der Waals surface area contributed by atoms with Crippen LogP contribution >= 0.6 is 11.8 Å². The van der Waals surface area contributed by atoms with Crippen molar-refractivity contribution in [1.29, 1.82) is 0 Å². The van der Waals surface area contributed by atoms with Gasteiger partial charge in [0.1, 0.15) is 0 Å². The van der Waals surface area contributed by atoms with Crippen molar-refractivity contribution in [3.8, 4) is 0 Å². The van der Waals surface area contributed by atoms with Gasteiger partial charge in [0, 0.05) is 11.3 Å². The molecule has 0 N–H and O–H groups in total. The minimum atomic E-state index is -0.352. The van der Waals surface area contributed by atoms with Crippen molar-refractivity contribution in [2.45, 2.75) is 31.1 Å². The van der Waals surface area contributed by atoms with Crippen molar-refractivity contribution in [2.75, 3.05) is 0 Å². The van der Waals surface area contributed by atoms with Crippen LogP contribution in [0, 0.1) is 0 Å². The fourth-order valence-corrected chi connectivity index (χ4v) is 1.82. The van der Waals surface area contributed by atoms with Gasteiger partial charge in [0.05, 0.1) is 0 Å². The summed E-state index contributed by atoms with van der Waals surface area (Å²) in [6.07, 6.45) is 2.10. The van der Waals surface area contributed by atoms with Crippen LogP contribution in [-0.2, 0) is 9.59 Å². The van der Waals surface area contributed by atoms with E-state index >= 15 is 0 Å². The zero-order chi connectivity index (χ0) is 11.1. The Labute approximate surface area is 94.1 Å². The third-order valence-corrected chi connectivity index (χ3v) is 2.86. The predicted molar refractivity (Wildman–Crippen MR) is 61.8 cm³/mol. The molecule has 1 aromatic carbocycles. The van der Waals surface area contributed by atoms with E-state index in [4.69, 9.17) is 0 Å². The average Bonchev–Trinajstić information content (AvgIpc) is 2.27. The minimum Gasteiger partial charge on any atom is -0.290 e. The number of Topliss-reactive ketones (excluding diaryl/α,β-unsaturated/α-hetero) is 1. The standard InChI is InChI=1S/C12H14O2S/c1-2-3-9-11(13)12(14)15-10-7-5-4-6-8-10/h4-8H,2-3,9H2,1H3. The summed E-state index contributed by atoms with van der Waals surface area (Å²) in [5, 5.41) is -0.352. The van der Waals surface area contributed by atoms with Gasteiger partial charge in [0.2, 0.25) is 5.78 Å². The van der Waals surface area contributed by atoms with E-state index < -0.39 is 0 Å². The van der Waals surface area contributed by atoms with Gasteiger partial charge < -0.3 is 0 Å². The number of benzene rings is 1. The van der Waals surface area contributed by atoms with Gasteiger partial charge in [0.15, 0.2) is 0 Å². The molecule has 0 fully saturated rings. The molecule has 1 rings (SSSR count). The number of hydrogen-bond acceptors (Lipinski definition) is 3. The molecule has 0 aliphatic heterocycles. The van der Waals surface area contributed by atoms with Crippen LogP contribution in [0.1, 0.15) is 26.2 Å². The molecule has 0 heterocycles. The molecule has 0 aliphatic carbocycles. The third kappa shape index (κ3) is 4.30. The van der Waals surface area contributed by atoms with Gasteiger partial charge in [-0.15, -0.1) is 0 Å². The first-order valence-electron chi connectivity index (χ1n) is 5.04. The van der Waals surface area contributed by atoms with Crippen LogP contribution in [0.25, 0.3) is 0 Å². The van der Waals surface area contributed by atoms with E-state index in [1.165, 1.54) is 0 Å². The summed E-state index contributed by atoms with van der Waals surface area (Å²) in [5.41, 5.74) is 0. The van der Waals surface area contributed by atoms with Crippen LogP contribution in [0.3, 0.4) is 0 Å². The maximum absolute atomic E-state index is 11.4. The molecule has 0 amide bonds. The number of ketones is 1. The van der Waals surface area contributed by atoms with Gasteiger partial charge in [-0.3, -0.25) is 9.59 Å². The van der Waals surface area contributed by atoms with E-state index in [0.29, 0.717) is 6.42 Å². The summed E-state index contributed by atoms with van der Waals surface area (Å²) >= 11 is 1.01. The maximum Gasteiger partial charge on any atom is 0.259 e. The van der Waals surface area contributed by atoms with Crippen molar-refractivity contribution >= 4 is 22.7 Å². The van der Waals surface area contributed by atoms with E-state index in [1.54, 1.807) is 0 Å². The van der Waals surface area contributed by atoms with Gasteiger partial charge >= 0.3 is 0 Å². The highest BCUT2D eigenvalue weighted by molar-refractivity contribution is 8.15. The topological polar surface area (TPSA) is 34.1 Å². The van der Waals surface area contributed by atoms with Crippen LogP contribution in [0.4, 0.5) is 0 Å². The van der Waals surface area contributed by atoms with Crippen LogP contribution in [-0.4, -0.2) is 10.9 Å². The summed E-state index contributed by atoms with van der Waals surface area (Å²) in [5.74, 6) is -0.272. The molecule has 0 aliphatic rings. The molecule has 0 aromatic heterocycles. The number of unbranched alkanes of at least 4 members (excludes halogenated alkanes) is 1. The lowest BCUT2D eigenvalue weighted by molar-refractivity contribution is -0.131. The SMILES string of the molecule is CCCCC(=O)C(=O)Sc1ccccc1. The molecule has 0 spiro atoms. The number of hydrogen-bond donors (Lipinski definition) is 0. The van der Waals surface area contributed by atoms with Crippen LogP contribution in [0.15, 0.2) is 35.2 Å². The zero-order valence-electron chi connectivity index (χ0n) is 8.73. The highest BCUT2D eigenvalue weighted by Crippen LogP contribution is 2.19. The molecule has 0 unspecified atom stereocenters. The van der Waals surface area contributed by atoms with Crippen molar-refractivity contribution in [1.82, 2.24) is 0 Å². The second-order valence-corrected chi connectivity index (χ2v) is 4.28. The molecular weight excluding hydrogens is 208 g/mol. The summed E-state index contributed by atoms with van der Waals surface area (Å²) in [4.78, 5) is 23.6. The first kappa shape index (κ1) is 12.0.